The lowest BCUT2D eigenvalue weighted by Crippen LogP contribution is -2.38. The minimum absolute atomic E-state index is 0.413. The van der Waals surface area contributed by atoms with Gasteiger partial charge in [0.1, 0.15) is 0 Å². The number of hydrogen-bond acceptors (Lipinski definition) is 8. The Labute approximate surface area is 124 Å². The molecule has 0 radical (unpaired) electrons. The third-order valence-corrected chi connectivity index (χ3v) is 3.87. The molecular weight excluding hydrogens is 270 g/mol. The van der Waals surface area contributed by atoms with E-state index in [-0.39, 0.29) is 0 Å². The average molecular weight is 293 g/mol. The number of rotatable bonds is 6. The maximum Gasteiger partial charge on any atom is 0.243 e. The predicted octanol–water partition coefficient (Wildman–Crippen LogP) is 0.230. The first-order chi connectivity index (χ1) is 10.3. The van der Waals surface area contributed by atoms with Crippen LogP contribution < -0.4 is 21.1 Å². The zero-order chi connectivity index (χ0) is 14.7. The summed E-state index contributed by atoms with van der Waals surface area (Å²) in [5, 5.41) is 0. The highest BCUT2D eigenvalue weighted by Gasteiger charge is 2.26. The molecule has 1 saturated carbocycles. The van der Waals surface area contributed by atoms with E-state index in [1.165, 1.54) is 12.8 Å². The normalized spacial score (nSPS) is 18.7. The van der Waals surface area contributed by atoms with Crippen molar-refractivity contribution in [2.75, 3.05) is 54.6 Å². The van der Waals surface area contributed by atoms with Crippen LogP contribution in [0.3, 0.4) is 0 Å². The topological polar surface area (TPSA) is 92.4 Å². The molecule has 0 spiro atoms. The molecule has 0 bridgehead atoms. The van der Waals surface area contributed by atoms with E-state index >= 15 is 0 Å². The summed E-state index contributed by atoms with van der Waals surface area (Å²) in [6, 6.07) is 0. The second-order valence-electron chi connectivity index (χ2n) is 5.48. The van der Waals surface area contributed by atoms with Crippen LogP contribution in [-0.4, -0.2) is 54.3 Å². The molecule has 8 heteroatoms. The van der Waals surface area contributed by atoms with E-state index < -0.39 is 0 Å². The standard InChI is InChI=1S/C13H23N7O/c1-2-19(9-10-3-4-10)12-15-11(18-14)16-13(17-12)20-5-7-21-8-6-20/h10H,2-9,14H2,1H3,(H,15,16,17,18). The molecule has 0 aromatic carbocycles. The maximum atomic E-state index is 5.51. The van der Waals surface area contributed by atoms with Crippen LogP contribution in [0.2, 0.25) is 0 Å². The monoisotopic (exact) mass is 293 g/mol. The molecule has 2 fully saturated rings. The molecule has 1 aliphatic heterocycles. The SMILES string of the molecule is CCN(CC1CC1)c1nc(NN)nc(N2CCOCC2)n1. The zero-order valence-electron chi connectivity index (χ0n) is 12.5. The summed E-state index contributed by atoms with van der Waals surface area (Å²) in [7, 11) is 0. The van der Waals surface area contributed by atoms with Crippen LogP contribution in [0.15, 0.2) is 0 Å². The number of hydrazine groups is 1. The van der Waals surface area contributed by atoms with Crippen molar-refractivity contribution in [1.29, 1.82) is 0 Å². The molecule has 21 heavy (non-hydrogen) atoms. The van der Waals surface area contributed by atoms with Crippen molar-refractivity contribution in [2.45, 2.75) is 19.8 Å². The fourth-order valence-corrected chi connectivity index (χ4v) is 2.43. The predicted molar refractivity (Wildman–Crippen MR) is 81.3 cm³/mol. The van der Waals surface area contributed by atoms with Crippen molar-refractivity contribution < 1.29 is 4.74 Å². The van der Waals surface area contributed by atoms with Crippen molar-refractivity contribution >= 4 is 17.8 Å². The minimum atomic E-state index is 0.413. The van der Waals surface area contributed by atoms with Gasteiger partial charge in [0.15, 0.2) is 0 Å². The van der Waals surface area contributed by atoms with Gasteiger partial charge in [0.25, 0.3) is 0 Å². The van der Waals surface area contributed by atoms with Crippen molar-refractivity contribution in [3.8, 4) is 0 Å². The molecule has 1 aliphatic carbocycles. The average Bonchev–Trinajstić information content (AvgIpc) is 3.37. The van der Waals surface area contributed by atoms with Gasteiger partial charge >= 0.3 is 0 Å². The van der Waals surface area contributed by atoms with E-state index in [2.05, 4.69) is 37.1 Å². The largest absolute Gasteiger partial charge is 0.378 e. The van der Waals surface area contributed by atoms with Crippen LogP contribution in [0, 0.1) is 5.92 Å². The Hall–Kier alpha value is -1.67. The van der Waals surface area contributed by atoms with Crippen LogP contribution in [0.1, 0.15) is 19.8 Å². The Kier molecular flexibility index (Phi) is 4.35. The van der Waals surface area contributed by atoms with Crippen LogP contribution in [0.4, 0.5) is 17.8 Å². The molecule has 2 heterocycles. The van der Waals surface area contributed by atoms with Gasteiger partial charge in [0.2, 0.25) is 17.8 Å². The fourth-order valence-electron chi connectivity index (χ4n) is 2.43. The van der Waals surface area contributed by atoms with Gasteiger partial charge in [-0.3, -0.25) is 5.43 Å². The molecule has 0 atom stereocenters. The lowest BCUT2D eigenvalue weighted by molar-refractivity contribution is 0.122. The summed E-state index contributed by atoms with van der Waals surface area (Å²) >= 11 is 0. The summed E-state index contributed by atoms with van der Waals surface area (Å²) in [4.78, 5) is 17.7. The third kappa shape index (κ3) is 3.51. The van der Waals surface area contributed by atoms with Gasteiger partial charge in [-0.05, 0) is 25.7 Å². The second-order valence-corrected chi connectivity index (χ2v) is 5.48. The molecule has 3 N–H and O–H groups in total. The Bertz CT molecular complexity index is 474. The quantitative estimate of drug-likeness (QED) is 0.569. The van der Waals surface area contributed by atoms with Gasteiger partial charge in [0, 0.05) is 26.2 Å². The van der Waals surface area contributed by atoms with Crippen molar-refractivity contribution in [1.82, 2.24) is 15.0 Å². The number of morpholine rings is 1. The number of aromatic nitrogens is 3. The molecule has 116 valence electrons. The first-order valence-corrected chi connectivity index (χ1v) is 7.60. The van der Waals surface area contributed by atoms with Crippen LogP contribution in [0.5, 0.6) is 0 Å². The Morgan fingerprint density at radius 3 is 2.67 bits per heavy atom. The van der Waals surface area contributed by atoms with Gasteiger partial charge in [-0.1, -0.05) is 0 Å². The molecule has 1 saturated heterocycles. The van der Waals surface area contributed by atoms with Gasteiger partial charge in [-0.25, -0.2) is 5.84 Å². The number of ether oxygens (including phenoxy) is 1. The van der Waals surface area contributed by atoms with Gasteiger partial charge in [-0.2, -0.15) is 15.0 Å². The maximum absolute atomic E-state index is 5.51. The van der Waals surface area contributed by atoms with E-state index in [0.29, 0.717) is 31.1 Å². The van der Waals surface area contributed by atoms with E-state index in [0.717, 1.165) is 32.1 Å². The number of nitrogen functional groups attached to an aromatic ring is 1. The molecule has 1 aromatic rings. The van der Waals surface area contributed by atoms with Gasteiger partial charge in [-0.15, -0.1) is 0 Å². The summed E-state index contributed by atoms with van der Waals surface area (Å²) < 4.78 is 5.37. The Morgan fingerprint density at radius 1 is 1.29 bits per heavy atom. The molecule has 0 amide bonds. The number of nitrogens with two attached hydrogens (primary N) is 1. The molecule has 2 aliphatic rings. The van der Waals surface area contributed by atoms with Crippen molar-refractivity contribution in [2.24, 2.45) is 11.8 Å². The minimum Gasteiger partial charge on any atom is -0.378 e. The van der Waals surface area contributed by atoms with Crippen LogP contribution in [0.25, 0.3) is 0 Å². The lowest BCUT2D eigenvalue weighted by atomic mass is 10.4. The molecule has 3 rings (SSSR count). The fraction of sp³-hybridized carbons (Fsp3) is 0.769. The third-order valence-electron chi connectivity index (χ3n) is 3.87. The number of nitrogens with zero attached hydrogens (tertiary/aromatic N) is 5. The smallest absolute Gasteiger partial charge is 0.243 e. The van der Waals surface area contributed by atoms with E-state index in [1.807, 2.05) is 0 Å². The second kappa shape index (κ2) is 6.40. The van der Waals surface area contributed by atoms with Crippen molar-refractivity contribution in [3.63, 3.8) is 0 Å². The highest BCUT2D eigenvalue weighted by Crippen LogP contribution is 2.31. The van der Waals surface area contributed by atoms with Gasteiger partial charge in [0.05, 0.1) is 13.2 Å². The Morgan fingerprint density at radius 2 is 2.05 bits per heavy atom. The molecule has 1 aromatic heterocycles. The molecule has 0 unspecified atom stereocenters. The van der Waals surface area contributed by atoms with Crippen molar-refractivity contribution in [3.05, 3.63) is 0 Å². The first kappa shape index (κ1) is 14.3. The summed E-state index contributed by atoms with van der Waals surface area (Å²) in [5.41, 5.74) is 2.55. The number of anilines is 3. The summed E-state index contributed by atoms with van der Waals surface area (Å²) in [6.45, 7) is 7.00. The highest BCUT2D eigenvalue weighted by molar-refractivity contribution is 5.45. The number of nitrogens with one attached hydrogen (secondary N) is 1. The van der Waals surface area contributed by atoms with Crippen LogP contribution >= 0.6 is 0 Å². The number of hydrogen-bond donors (Lipinski definition) is 2. The highest BCUT2D eigenvalue weighted by atomic mass is 16.5. The Balaban J connectivity index is 1.83. The van der Waals surface area contributed by atoms with Gasteiger partial charge < -0.3 is 14.5 Å². The molecule has 8 nitrogen and oxygen atoms in total. The lowest BCUT2D eigenvalue weighted by Gasteiger charge is -2.28. The molecular formula is C13H23N7O. The summed E-state index contributed by atoms with van der Waals surface area (Å²) in [5.74, 6) is 8.08. The van der Waals surface area contributed by atoms with E-state index in [1.54, 1.807) is 0 Å². The van der Waals surface area contributed by atoms with E-state index in [4.69, 9.17) is 10.6 Å². The van der Waals surface area contributed by atoms with Crippen LogP contribution in [-0.2, 0) is 4.74 Å². The zero-order valence-corrected chi connectivity index (χ0v) is 12.5. The van der Waals surface area contributed by atoms with E-state index in [9.17, 15) is 0 Å². The summed E-state index contributed by atoms with van der Waals surface area (Å²) in [6.07, 6.45) is 2.61. The first-order valence-electron chi connectivity index (χ1n) is 7.60.